The Labute approximate surface area is 207 Å². The van der Waals surface area contributed by atoms with Crippen LogP contribution in [0.4, 0.5) is 5.82 Å². The van der Waals surface area contributed by atoms with Gasteiger partial charge in [0, 0.05) is 33.8 Å². The molecule has 0 atom stereocenters. The van der Waals surface area contributed by atoms with Crippen LogP contribution in [0, 0.1) is 0 Å². The van der Waals surface area contributed by atoms with E-state index in [0.29, 0.717) is 22.6 Å². The Bertz CT molecular complexity index is 1450. The minimum absolute atomic E-state index is 0.0288. The highest BCUT2D eigenvalue weighted by Crippen LogP contribution is 2.38. The summed E-state index contributed by atoms with van der Waals surface area (Å²) in [5.74, 6) is 1.17. The van der Waals surface area contributed by atoms with E-state index in [4.69, 9.17) is 9.47 Å². The monoisotopic (exact) mass is 506 g/mol. The van der Waals surface area contributed by atoms with Crippen LogP contribution in [-0.2, 0) is 10.0 Å². The van der Waals surface area contributed by atoms with Crippen molar-refractivity contribution in [2.75, 3.05) is 18.9 Å². The summed E-state index contributed by atoms with van der Waals surface area (Å²) in [6.07, 6.45) is 4.59. The number of carbonyl (C=O) groups is 1. The molecule has 4 aromatic rings. The Kier molecular flexibility index (Phi) is 7.28. The number of aromatic nitrogens is 1. The van der Waals surface area contributed by atoms with Crippen molar-refractivity contribution in [1.82, 2.24) is 4.98 Å². The summed E-state index contributed by atoms with van der Waals surface area (Å²) in [7, 11) is -0.672. The van der Waals surface area contributed by atoms with Gasteiger partial charge in [0.2, 0.25) is 0 Å². The fourth-order valence-corrected chi connectivity index (χ4v) is 5.11. The number of hydrogen-bond donors (Lipinski definition) is 1. The quantitative estimate of drug-likeness (QED) is 0.237. The summed E-state index contributed by atoms with van der Waals surface area (Å²) in [5, 5.41) is 1.98. The minimum atomic E-state index is -3.82. The molecule has 0 amide bonds. The van der Waals surface area contributed by atoms with Gasteiger partial charge in [-0.15, -0.1) is 11.3 Å². The lowest BCUT2D eigenvalue weighted by atomic mass is 10.0. The van der Waals surface area contributed by atoms with Crippen LogP contribution in [0.2, 0.25) is 0 Å². The molecule has 7 nitrogen and oxygen atoms in total. The summed E-state index contributed by atoms with van der Waals surface area (Å²) in [5.41, 5.74) is 1.96. The van der Waals surface area contributed by atoms with E-state index in [1.54, 1.807) is 55.9 Å². The Hall–Kier alpha value is -3.95. The first kappa shape index (κ1) is 24.2. The number of anilines is 1. The molecule has 0 aliphatic heterocycles. The Balaban J connectivity index is 1.55. The van der Waals surface area contributed by atoms with E-state index < -0.39 is 10.0 Å². The van der Waals surface area contributed by atoms with Gasteiger partial charge in [0.15, 0.2) is 5.78 Å². The Morgan fingerprint density at radius 3 is 2.37 bits per heavy atom. The van der Waals surface area contributed by atoms with Gasteiger partial charge in [0.05, 0.1) is 19.1 Å². The van der Waals surface area contributed by atoms with Gasteiger partial charge in [-0.05, 0) is 66.1 Å². The van der Waals surface area contributed by atoms with Crippen molar-refractivity contribution in [2.24, 2.45) is 0 Å². The van der Waals surface area contributed by atoms with E-state index in [0.717, 1.165) is 10.4 Å². The largest absolute Gasteiger partial charge is 0.496 e. The molecular weight excluding hydrogens is 484 g/mol. The van der Waals surface area contributed by atoms with Gasteiger partial charge in [-0.3, -0.25) is 9.52 Å². The zero-order valence-electron chi connectivity index (χ0n) is 19.0. The molecule has 0 bridgehead atoms. The number of sulfonamides is 1. The molecule has 0 aliphatic rings. The number of thiophene rings is 1. The molecule has 0 unspecified atom stereocenters. The average Bonchev–Trinajstić information content (AvgIpc) is 3.42. The molecule has 2 aromatic carbocycles. The van der Waals surface area contributed by atoms with Crippen molar-refractivity contribution in [3.8, 4) is 21.9 Å². The van der Waals surface area contributed by atoms with E-state index >= 15 is 0 Å². The fourth-order valence-electron chi connectivity index (χ4n) is 3.36. The molecule has 35 heavy (non-hydrogen) atoms. The third kappa shape index (κ3) is 5.59. The number of carbonyl (C=O) groups excluding carboxylic acids is 1. The lowest BCUT2D eigenvalue weighted by Gasteiger charge is -2.12. The smallest absolute Gasteiger partial charge is 0.263 e. The average molecular weight is 507 g/mol. The van der Waals surface area contributed by atoms with E-state index in [-0.39, 0.29) is 16.5 Å². The van der Waals surface area contributed by atoms with Crippen LogP contribution in [0.5, 0.6) is 11.5 Å². The summed E-state index contributed by atoms with van der Waals surface area (Å²) in [6.45, 7) is 0. The first-order valence-corrected chi connectivity index (χ1v) is 12.8. The van der Waals surface area contributed by atoms with E-state index in [1.807, 2.05) is 23.6 Å². The second-order valence-electron chi connectivity index (χ2n) is 7.31. The molecule has 0 saturated heterocycles. The molecule has 178 valence electrons. The number of nitrogens with zero attached hydrogens (tertiary/aromatic N) is 1. The van der Waals surface area contributed by atoms with Gasteiger partial charge in [0.25, 0.3) is 10.0 Å². The molecule has 4 rings (SSSR count). The summed E-state index contributed by atoms with van der Waals surface area (Å²) in [6, 6.07) is 18.3. The molecule has 0 fully saturated rings. The van der Waals surface area contributed by atoms with E-state index in [9.17, 15) is 13.2 Å². The Morgan fingerprint density at radius 1 is 0.971 bits per heavy atom. The van der Waals surface area contributed by atoms with Crippen LogP contribution in [-0.4, -0.2) is 33.4 Å². The van der Waals surface area contributed by atoms with Crippen LogP contribution in [0.25, 0.3) is 16.5 Å². The number of hydrogen-bond acceptors (Lipinski definition) is 7. The maximum Gasteiger partial charge on any atom is 0.263 e. The second-order valence-corrected chi connectivity index (χ2v) is 9.94. The van der Waals surface area contributed by atoms with Crippen LogP contribution >= 0.6 is 11.3 Å². The molecule has 0 radical (unpaired) electrons. The zero-order valence-corrected chi connectivity index (χ0v) is 20.6. The maximum atomic E-state index is 12.8. The minimum Gasteiger partial charge on any atom is -0.496 e. The van der Waals surface area contributed by atoms with Crippen molar-refractivity contribution >= 4 is 39.0 Å². The predicted molar refractivity (Wildman–Crippen MR) is 138 cm³/mol. The number of benzene rings is 2. The summed E-state index contributed by atoms with van der Waals surface area (Å²) < 4.78 is 38.5. The molecule has 0 aliphatic carbocycles. The first-order chi connectivity index (χ1) is 16.9. The molecule has 2 aromatic heterocycles. The van der Waals surface area contributed by atoms with Crippen LogP contribution in [0.3, 0.4) is 0 Å². The lowest BCUT2D eigenvalue weighted by molar-refractivity contribution is 0.104. The third-order valence-corrected chi connectivity index (χ3v) is 7.38. The highest BCUT2D eigenvalue weighted by atomic mass is 32.2. The van der Waals surface area contributed by atoms with Crippen LogP contribution in [0.15, 0.2) is 89.3 Å². The fraction of sp³-hybridized carbons (Fsp3) is 0.0769. The van der Waals surface area contributed by atoms with Gasteiger partial charge in [-0.1, -0.05) is 12.1 Å². The summed E-state index contributed by atoms with van der Waals surface area (Å²) >= 11 is 1.58. The third-order valence-electron chi connectivity index (χ3n) is 5.11. The normalized spacial score (nSPS) is 11.4. The maximum absolute atomic E-state index is 12.8. The van der Waals surface area contributed by atoms with Crippen molar-refractivity contribution in [3.05, 3.63) is 95.5 Å². The Morgan fingerprint density at radius 2 is 1.74 bits per heavy atom. The van der Waals surface area contributed by atoms with Crippen molar-refractivity contribution < 1.29 is 22.7 Å². The highest BCUT2D eigenvalue weighted by molar-refractivity contribution is 7.92. The molecule has 2 heterocycles. The number of rotatable bonds is 9. The topological polar surface area (TPSA) is 94.6 Å². The number of methoxy groups -OCH3 is 2. The number of ether oxygens (including phenoxy) is 2. The van der Waals surface area contributed by atoms with Crippen molar-refractivity contribution in [2.45, 2.75) is 4.90 Å². The molecule has 0 saturated carbocycles. The number of nitrogens with one attached hydrogen (secondary N) is 1. The molecule has 9 heteroatoms. The second kappa shape index (κ2) is 10.5. The van der Waals surface area contributed by atoms with Gasteiger partial charge in [-0.25, -0.2) is 13.4 Å². The molecular formula is C26H22N2O5S2. The van der Waals surface area contributed by atoms with Crippen LogP contribution < -0.4 is 14.2 Å². The molecule has 1 N–H and O–H groups in total. The van der Waals surface area contributed by atoms with Gasteiger partial charge in [-0.2, -0.15) is 0 Å². The number of ketones is 1. The van der Waals surface area contributed by atoms with Gasteiger partial charge < -0.3 is 9.47 Å². The highest BCUT2D eigenvalue weighted by Gasteiger charge is 2.16. The zero-order chi connectivity index (χ0) is 24.8. The van der Waals surface area contributed by atoms with Gasteiger partial charge >= 0.3 is 0 Å². The van der Waals surface area contributed by atoms with Gasteiger partial charge in [0.1, 0.15) is 17.3 Å². The van der Waals surface area contributed by atoms with E-state index in [2.05, 4.69) is 9.71 Å². The first-order valence-electron chi connectivity index (χ1n) is 10.5. The summed E-state index contributed by atoms with van der Waals surface area (Å²) in [4.78, 5) is 17.8. The number of pyridine rings is 1. The lowest BCUT2D eigenvalue weighted by Crippen LogP contribution is -2.13. The molecule has 0 spiro atoms. The van der Waals surface area contributed by atoms with Crippen molar-refractivity contribution in [1.29, 1.82) is 0 Å². The standard InChI is InChI=1S/C26H22N2O5S2/c1-32-23-17-24(33-2)21(25-6-5-15-34-25)16-19(23)10-13-22(29)18-8-11-20(12-9-18)35(30,31)28-26-7-3-4-14-27-26/h3-17H,1-2H3,(H,27,28)/b13-10+. The predicted octanol–water partition coefficient (Wildman–Crippen LogP) is 5.52. The van der Waals surface area contributed by atoms with Crippen molar-refractivity contribution in [3.63, 3.8) is 0 Å². The SMILES string of the molecule is COc1cc(OC)c(-c2cccs2)cc1/C=C/C(=O)c1ccc(S(=O)(=O)Nc2ccccn2)cc1. The number of allylic oxidation sites excluding steroid dienone is 1. The van der Waals surface area contributed by atoms with Crippen LogP contribution in [0.1, 0.15) is 15.9 Å². The van der Waals surface area contributed by atoms with E-state index in [1.165, 1.54) is 36.5 Å².